The van der Waals surface area contributed by atoms with E-state index in [0.29, 0.717) is 0 Å². The predicted octanol–water partition coefficient (Wildman–Crippen LogP) is 2.16. The van der Waals surface area contributed by atoms with E-state index >= 15 is 0 Å². The average Bonchev–Trinajstić information content (AvgIpc) is 2.17. The SMILES string of the molecule is [3H]C1[C@@H](C(C)C)O[C@@H](C)[C@@H]1F. The lowest BCUT2D eigenvalue weighted by atomic mass is 10.0. The molecule has 1 heterocycles. The Morgan fingerprint density at radius 3 is 2.50 bits per heavy atom. The van der Waals surface area contributed by atoms with E-state index in [1.54, 1.807) is 6.92 Å². The third kappa shape index (κ3) is 1.48. The van der Waals surface area contributed by atoms with E-state index in [4.69, 9.17) is 6.11 Å². The second-order valence-electron chi connectivity index (χ2n) is 3.19. The largest absolute Gasteiger partial charge is 0.372 e. The van der Waals surface area contributed by atoms with Crippen molar-refractivity contribution < 1.29 is 10.5 Å². The summed E-state index contributed by atoms with van der Waals surface area (Å²) < 4.78 is 25.7. The van der Waals surface area contributed by atoms with Gasteiger partial charge in [0.25, 0.3) is 0 Å². The summed E-state index contributed by atoms with van der Waals surface area (Å²) in [7, 11) is 0. The quantitative estimate of drug-likeness (QED) is 0.553. The number of alkyl halides is 1. The molecule has 0 aromatic heterocycles. The van der Waals surface area contributed by atoms with Crippen LogP contribution in [-0.2, 0) is 4.74 Å². The summed E-state index contributed by atoms with van der Waals surface area (Å²) in [5, 5.41) is 0. The number of ether oxygens (including phenoxy) is 1. The number of rotatable bonds is 1. The third-order valence-electron chi connectivity index (χ3n) is 1.85. The first-order valence-electron chi connectivity index (χ1n) is 4.33. The van der Waals surface area contributed by atoms with Crippen LogP contribution in [0, 0.1) is 5.92 Å². The van der Waals surface area contributed by atoms with Crippen molar-refractivity contribution in [3.63, 3.8) is 0 Å². The van der Waals surface area contributed by atoms with Gasteiger partial charge in [0.15, 0.2) is 0 Å². The van der Waals surface area contributed by atoms with Gasteiger partial charge in [-0.3, -0.25) is 0 Å². The molecule has 1 aliphatic heterocycles. The number of hydrogen-bond donors (Lipinski definition) is 0. The van der Waals surface area contributed by atoms with Gasteiger partial charge < -0.3 is 4.74 Å². The minimum atomic E-state index is -1.11. The van der Waals surface area contributed by atoms with Gasteiger partial charge in [0.1, 0.15) is 6.17 Å². The first kappa shape index (κ1) is 6.59. The van der Waals surface area contributed by atoms with E-state index in [9.17, 15) is 4.39 Å². The van der Waals surface area contributed by atoms with E-state index in [0.717, 1.165) is 0 Å². The first-order valence-corrected chi connectivity index (χ1v) is 3.76. The Morgan fingerprint density at radius 2 is 2.30 bits per heavy atom. The van der Waals surface area contributed by atoms with Crippen molar-refractivity contribution in [2.45, 2.75) is 45.5 Å². The van der Waals surface area contributed by atoms with Gasteiger partial charge in [0.2, 0.25) is 0 Å². The van der Waals surface area contributed by atoms with Crippen LogP contribution in [0.15, 0.2) is 0 Å². The number of hydrogen-bond acceptors (Lipinski definition) is 1. The van der Waals surface area contributed by atoms with Gasteiger partial charge in [-0.15, -0.1) is 0 Å². The van der Waals surface area contributed by atoms with E-state index < -0.39 is 18.7 Å². The molecule has 10 heavy (non-hydrogen) atoms. The number of halogens is 1. The van der Waals surface area contributed by atoms with Crippen LogP contribution >= 0.6 is 0 Å². The molecule has 1 unspecified atom stereocenters. The molecule has 1 aliphatic rings. The van der Waals surface area contributed by atoms with Gasteiger partial charge in [0, 0.05) is 7.77 Å². The summed E-state index contributed by atoms with van der Waals surface area (Å²) in [4.78, 5) is 0. The van der Waals surface area contributed by atoms with Gasteiger partial charge in [-0.25, -0.2) is 4.39 Å². The van der Waals surface area contributed by atoms with Crippen LogP contribution in [0.4, 0.5) is 4.39 Å². The molecule has 0 saturated carbocycles. The summed E-state index contributed by atoms with van der Waals surface area (Å²) in [5.74, 6) is 0.237. The molecular weight excluding hydrogens is 131 g/mol. The van der Waals surface area contributed by atoms with Crippen LogP contribution in [0.25, 0.3) is 0 Å². The molecular formula is C8H15FO. The standard InChI is InChI=1S/C8H15FO/c1-5(2)8-4-7(9)6(3)10-8/h5-8H,4H2,1-3H3/t6-,7+,8-/m0/s1/i4T/t4?,6-,7+,8-. The van der Waals surface area contributed by atoms with E-state index in [2.05, 4.69) is 0 Å². The Hall–Kier alpha value is -0.110. The fraction of sp³-hybridized carbons (Fsp3) is 1.00. The zero-order valence-corrected chi connectivity index (χ0v) is 6.67. The second-order valence-corrected chi connectivity index (χ2v) is 3.19. The molecule has 0 amide bonds. The monoisotopic (exact) mass is 148 g/mol. The van der Waals surface area contributed by atoms with Crippen molar-refractivity contribution in [3.8, 4) is 0 Å². The fourth-order valence-electron chi connectivity index (χ4n) is 1.09. The van der Waals surface area contributed by atoms with E-state index in [-0.39, 0.29) is 12.0 Å². The van der Waals surface area contributed by atoms with E-state index in [1.165, 1.54) is 0 Å². The Bertz CT molecular complexity index is 140. The second kappa shape index (κ2) is 2.87. The average molecular weight is 148 g/mol. The van der Waals surface area contributed by atoms with Gasteiger partial charge in [-0.1, -0.05) is 13.8 Å². The Morgan fingerprint density at radius 1 is 1.70 bits per heavy atom. The molecule has 2 heteroatoms. The molecule has 1 rings (SSSR count). The normalized spacial score (nSPS) is 49.9. The maximum atomic E-state index is 13.0. The van der Waals surface area contributed by atoms with E-state index in [1.807, 2.05) is 13.8 Å². The molecule has 0 aliphatic carbocycles. The molecule has 1 nitrogen and oxygen atoms in total. The van der Waals surface area contributed by atoms with Gasteiger partial charge >= 0.3 is 0 Å². The fourth-order valence-corrected chi connectivity index (χ4v) is 1.09. The van der Waals surface area contributed by atoms with Crippen molar-refractivity contribution in [1.82, 2.24) is 0 Å². The van der Waals surface area contributed by atoms with Crippen LogP contribution in [0.1, 0.15) is 28.5 Å². The molecule has 60 valence electrons. The topological polar surface area (TPSA) is 9.23 Å². The van der Waals surface area contributed by atoms with Crippen molar-refractivity contribution in [1.29, 1.82) is 0 Å². The van der Waals surface area contributed by atoms with Crippen molar-refractivity contribution >= 4 is 0 Å². The molecule has 0 radical (unpaired) electrons. The molecule has 0 aromatic rings. The highest BCUT2D eigenvalue weighted by Crippen LogP contribution is 2.27. The Balaban J connectivity index is 2.59. The molecule has 0 N–H and O–H groups in total. The van der Waals surface area contributed by atoms with Crippen LogP contribution in [-0.4, -0.2) is 18.4 Å². The molecule has 1 saturated heterocycles. The molecule has 1 fully saturated rings. The summed E-state index contributed by atoms with van der Waals surface area (Å²) in [6, 6.07) is 0. The van der Waals surface area contributed by atoms with Crippen LogP contribution in [0.3, 0.4) is 0 Å². The summed E-state index contributed by atoms with van der Waals surface area (Å²) in [6.45, 7) is 5.60. The Labute approximate surface area is 63.0 Å². The maximum absolute atomic E-state index is 13.0. The van der Waals surface area contributed by atoms with Crippen molar-refractivity contribution in [3.05, 3.63) is 0 Å². The molecule has 4 atom stereocenters. The highest BCUT2D eigenvalue weighted by Gasteiger charge is 2.33. The summed E-state index contributed by atoms with van der Waals surface area (Å²) in [6.07, 6.45) is -2.42. The lowest BCUT2D eigenvalue weighted by Gasteiger charge is -2.13. The summed E-state index contributed by atoms with van der Waals surface area (Å²) >= 11 is 0. The lowest BCUT2D eigenvalue weighted by Crippen LogP contribution is -2.14. The van der Waals surface area contributed by atoms with Crippen LogP contribution in [0.2, 0.25) is 0 Å². The smallest absolute Gasteiger partial charge is 0.128 e. The van der Waals surface area contributed by atoms with Crippen molar-refractivity contribution in [2.24, 2.45) is 5.92 Å². The minimum Gasteiger partial charge on any atom is -0.372 e. The highest BCUT2D eigenvalue weighted by molar-refractivity contribution is 4.80. The van der Waals surface area contributed by atoms with Crippen LogP contribution in [0.5, 0.6) is 0 Å². The predicted molar refractivity (Wildman–Crippen MR) is 38.7 cm³/mol. The third-order valence-corrected chi connectivity index (χ3v) is 1.85. The highest BCUT2D eigenvalue weighted by atomic mass is 19.1. The zero-order chi connectivity index (χ0) is 8.59. The molecule has 0 aromatic carbocycles. The lowest BCUT2D eigenvalue weighted by molar-refractivity contribution is 0.0180. The van der Waals surface area contributed by atoms with Crippen molar-refractivity contribution in [2.75, 3.05) is 0 Å². The first-order chi connectivity index (χ1) is 5.04. The zero-order valence-electron chi connectivity index (χ0n) is 7.67. The van der Waals surface area contributed by atoms with Gasteiger partial charge in [0.05, 0.1) is 12.2 Å². The van der Waals surface area contributed by atoms with Gasteiger partial charge in [-0.05, 0) is 12.8 Å². The van der Waals surface area contributed by atoms with Gasteiger partial charge in [-0.2, -0.15) is 0 Å². The minimum absolute atomic E-state index is 0.222. The molecule has 0 bridgehead atoms. The maximum Gasteiger partial charge on any atom is 0.128 e. The summed E-state index contributed by atoms with van der Waals surface area (Å²) in [5.41, 5.74) is 0. The van der Waals surface area contributed by atoms with Crippen LogP contribution < -0.4 is 0 Å². The molecule has 0 spiro atoms. The Kier molecular flexibility index (Phi) is 1.89.